The first-order valence-corrected chi connectivity index (χ1v) is 13.6. The number of allylic oxidation sites excluding steroid dienone is 1. The second-order valence-electron chi connectivity index (χ2n) is 9.31. The van der Waals surface area contributed by atoms with E-state index in [4.69, 9.17) is 14.7 Å². The first-order valence-electron chi connectivity index (χ1n) is 12.8. The molecule has 196 valence electrons. The average molecular weight is 581 g/mol. The molecule has 0 aliphatic rings. The third-order valence-electron chi connectivity index (χ3n) is 6.53. The Bertz CT molecular complexity index is 1440. The van der Waals surface area contributed by atoms with Crippen LogP contribution in [0.15, 0.2) is 108 Å². The van der Waals surface area contributed by atoms with Crippen molar-refractivity contribution in [3.63, 3.8) is 0 Å². The van der Waals surface area contributed by atoms with Crippen molar-refractivity contribution in [2.24, 2.45) is 5.92 Å². The Balaban J connectivity index is 1.50. The highest BCUT2D eigenvalue weighted by Crippen LogP contribution is 2.25. The fraction of sp³-hybridized carbons (Fsp3) is 0.176. The van der Waals surface area contributed by atoms with Gasteiger partial charge in [-0.1, -0.05) is 82.7 Å². The summed E-state index contributed by atoms with van der Waals surface area (Å²) in [6.45, 7) is 0.493. The van der Waals surface area contributed by atoms with Crippen LogP contribution in [0.4, 0.5) is 0 Å². The average Bonchev–Trinajstić information content (AvgIpc) is 2.99. The number of halogens is 1. The van der Waals surface area contributed by atoms with Gasteiger partial charge in [0, 0.05) is 10.0 Å². The molecule has 0 spiro atoms. The number of nitriles is 1. The first-order chi connectivity index (χ1) is 19.0. The van der Waals surface area contributed by atoms with Crippen molar-refractivity contribution in [1.82, 2.24) is 0 Å². The molecule has 0 fully saturated rings. The number of esters is 1. The van der Waals surface area contributed by atoms with E-state index in [9.17, 15) is 4.79 Å². The summed E-state index contributed by atoms with van der Waals surface area (Å²) in [5, 5.41) is 9.09. The number of benzene rings is 4. The Morgan fingerprint density at radius 2 is 1.56 bits per heavy atom. The van der Waals surface area contributed by atoms with Gasteiger partial charge in [-0.05, 0) is 84.3 Å². The molecule has 0 amide bonds. The van der Waals surface area contributed by atoms with Gasteiger partial charge in [0.15, 0.2) is 0 Å². The standard InChI is InChI=1S/C34H30BrNO3/c1-38-34(37)31-18-13-27(14-19-31)22-26(9-6-25-7-10-28(23-36)11-8-25)12-17-30-4-2-3-5-33(30)39-24-29-15-20-32(35)21-16-29/h2-5,7-8,10-21,26H,6,9,22,24H2,1H3/b17-12+. The van der Waals surface area contributed by atoms with Gasteiger partial charge in [0.2, 0.25) is 0 Å². The summed E-state index contributed by atoms with van der Waals surface area (Å²) in [7, 11) is 1.39. The lowest BCUT2D eigenvalue weighted by Crippen LogP contribution is -2.05. The van der Waals surface area contributed by atoms with Gasteiger partial charge in [-0.25, -0.2) is 4.79 Å². The van der Waals surface area contributed by atoms with Crippen molar-refractivity contribution in [2.45, 2.75) is 25.9 Å². The number of nitrogens with zero attached hydrogens (tertiary/aromatic N) is 1. The van der Waals surface area contributed by atoms with Crippen LogP contribution in [0.25, 0.3) is 6.08 Å². The van der Waals surface area contributed by atoms with Crippen LogP contribution in [0.1, 0.15) is 44.6 Å². The second kappa shape index (κ2) is 14.1. The number of hydrogen-bond acceptors (Lipinski definition) is 4. The largest absolute Gasteiger partial charge is 0.488 e. The molecule has 0 aliphatic carbocycles. The molecule has 0 radical (unpaired) electrons. The third kappa shape index (κ3) is 8.43. The molecule has 4 nitrogen and oxygen atoms in total. The minimum Gasteiger partial charge on any atom is -0.488 e. The van der Waals surface area contributed by atoms with Crippen LogP contribution >= 0.6 is 15.9 Å². The van der Waals surface area contributed by atoms with E-state index < -0.39 is 0 Å². The number of hydrogen-bond donors (Lipinski definition) is 0. The van der Waals surface area contributed by atoms with E-state index in [1.807, 2.05) is 91.0 Å². The molecule has 0 heterocycles. The Morgan fingerprint density at radius 3 is 2.26 bits per heavy atom. The predicted octanol–water partition coefficient (Wildman–Crippen LogP) is 8.19. The van der Waals surface area contributed by atoms with Crippen molar-refractivity contribution in [2.75, 3.05) is 7.11 Å². The Hall–Kier alpha value is -4.14. The lowest BCUT2D eigenvalue weighted by molar-refractivity contribution is 0.0600. The highest BCUT2D eigenvalue weighted by atomic mass is 79.9. The van der Waals surface area contributed by atoms with Crippen LogP contribution in [0.5, 0.6) is 5.75 Å². The molecule has 0 saturated heterocycles. The van der Waals surface area contributed by atoms with Gasteiger partial charge in [-0.3, -0.25) is 0 Å². The number of rotatable bonds is 11. The zero-order valence-electron chi connectivity index (χ0n) is 21.8. The molecule has 0 saturated carbocycles. The van der Waals surface area contributed by atoms with E-state index in [0.717, 1.165) is 46.2 Å². The molecule has 0 N–H and O–H groups in total. The number of aryl methyl sites for hydroxylation is 1. The Labute approximate surface area is 238 Å². The summed E-state index contributed by atoms with van der Waals surface area (Å²) < 4.78 is 12.0. The number of para-hydroxylation sites is 1. The highest BCUT2D eigenvalue weighted by molar-refractivity contribution is 9.10. The van der Waals surface area contributed by atoms with Gasteiger partial charge in [-0.2, -0.15) is 5.26 Å². The molecule has 0 aliphatic heterocycles. The van der Waals surface area contributed by atoms with Crippen LogP contribution in [0.3, 0.4) is 0 Å². The van der Waals surface area contributed by atoms with E-state index in [1.54, 1.807) is 0 Å². The first kappa shape index (κ1) is 27.9. The highest BCUT2D eigenvalue weighted by Gasteiger charge is 2.11. The van der Waals surface area contributed by atoms with E-state index in [1.165, 1.54) is 12.7 Å². The molecule has 5 heteroatoms. The van der Waals surface area contributed by atoms with Crippen molar-refractivity contribution in [1.29, 1.82) is 5.26 Å². The normalized spacial score (nSPS) is 11.6. The molecular formula is C34H30BrNO3. The van der Waals surface area contributed by atoms with Crippen molar-refractivity contribution in [3.05, 3.63) is 141 Å². The minimum atomic E-state index is -0.335. The van der Waals surface area contributed by atoms with Gasteiger partial charge >= 0.3 is 5.97 Å². The van der Waals surface area contributed by atoms with Crippen molar-refractivity contribution >= 4 is 28.0 Å². The maximum atomic E-state index is 11.8. The topological polar surface area (TPSA) is 59.3 Å². The predicted molar refractivity (Wildman–Crippen MR) is 158 cm³/mol. The minimum absolute atomic E-state index is 0.254. The number of ether oxygens (including phenoxy) is 2. The molecule has 0 aromatic heterocycles. The third-order valence-corrected chi connectivity index (χ3v) is 7.06. The molecule has 1 unspecified atom stereocenters. The van der Waals surface area contributed by atoms with Gasteiger partial charge in [0.05, 0.1) is 24.3 Å². The summed E-state index contributed by atoms with van der Waals surface area (Å²) in [6, 6.07) is 33.8. The van der Waals surface area contributed by atoms with Crippen LogP contribution in [-0.2, 0) is 24.2 Å². The monoisotopic (exact) mass is 579 g/mol. The summed E-state index contributed by atoms with van der Waals surface area (Å²) in [5.74, 6) is 0.757. The van der Waals surface area contributed by atoms with Crippen LogP contribution in [0, 0.1) is 17.2 Å². The molecule has 39 heavy (non-hydrogen) atoms. The maximum absolute atomic E-state index is 11.8. The Kier molecular flexibility index (Phi) is 10.1. The van der Waals surface area contributed by atoms with Crippen molar-refractivity contribution < 1.29 is 14.3 Å². The fourth-order valence-electron chi connectivity index (χ4n) is 4.29. The van der Waals surface area contributed by atoms with E-state index in [-0.39, 0.29) is 11.9 Å². The van der Waals surface area contributed by atoms with Crippen molar-refractivity contribution in [3.8, 4) is 11.8 Å². The summed E-state index contributed by atoms with van der Waals surface area (Å²) in [4.78, 5) is 11.8. The smallest absolute Gasteiger partial charge is 0.337 e. The van der Waals surface area contributed by atoms with E-state index >= 15 is 0 Å². The number of carbonyl (C=O) groups is 1. The summed E-state index contributed by atoms with van der Waals surface area (Å²) in [6.07, 6.45) is 7.05. The SMILES string of the molecule is COC(=O)c1ccc(CC(/C=C/c2ccccc2OCc2ccc(Br)cc2)CCc2ccc(C#N)cc2)cc1. The zero-order chi connectivity index (χ0) is 27.5. The molecular weight excluding hydrogens is 550 g/mol. The second-order valence-corrected chi connectivity index (χ2v) is 10.2. The number of methoxy groups -OCH3 is 1. The molecule has 1 atom stereocenters. The zero-order valence-corrected chi connectivity index (χ0v) is 23.4. The molecule has 4 aromatic carbocycles. The molecule has 4 rings (SSSR count). The van der Waals surface area contributed by atoms with Gasteiger partial charge in [-0.15, -0.1) is 0 Å². The van der Waals surface area contributed by atoms with E-state index in [0.29, 0.717) is 17.7 Å². The molecule has 0 bridgehead atoms. The Morgan fingerprint density at radius 1 is 0.897 bits per heavy atom. The quantitative estimate of drug-likeness (QED) is 0.168. The fourth-order valence-corrected chi connectivity index (χ4v) is 4.56. The van der Waals surface area contributed by atoms with Crippen LogP contribution in [-0.4, -0.2) is 13.1 Å². The van der Waals surface area contributed by atoms with E-state index in [2.05, 4.69) is 40.2 Å². The summed E-state index contributed by atoms with van der Waals surface area (Å²) >= 11 is 3.47. The lowest BCUT2D eigenvalue weighted by Gasteiger charge is -2.15. The van der Waals surface area contributed by atoms with Gasteiger partial charge in [0.1, 0.15) is 12.4 Å². The summed E-state index contributed by atoms with van der Waals surface area (Å²) in [5.41, 5.74) is 5.69. The van der Waals surface area contributed by atoms with Gasteiger partial charge in [0.25, 0.3) is 0 Å². The van der Waals surface area contributed by atoms with Crippen LogP contribution < -0.4 is 4.74 Å². The maximum Gasteiger partial charge on any atom is 0.337 e. The van der Waals surface area contributed by atoms with Gasteiger partial charge < -0.3 is 9.47 Å². The number of carbonyl (C=O) groups excluding carboxylic acids is 1. The lowest BCUT2D eigenvalue weighted by atomic mass is 9.91. The molecule has 4 aromatic rings. The van der Waals surface area contributed by atoms with Crippen LogP contribution in [0.2, 0.25) is 0 Å².